The van der Waals surface area contributed by atoms with Gasteiger partial charge in [0, 0.05) is 44.5 Å². The molecule has 8 nitrogen and oxygen atoms in total. The van der Waals surface area contributed by atoms with Crippen LogP contribution in [0, 0.1) is 0 Å². The average Bonchev–Trinajstić information content (AvgIpc) is 3.31. The molecule has 1 N–H and O–H groups in total. The van der Waals surface area contributed by atoms with E-state index in [4.69, 9.17) is 21.2 Å². The summed E-state index contributed by atoms with van der Waals surface area (Å²) in [6.45, 7) is 2.67. The van der Waals surface area contributed by atoms with Crippen molar-refractivity contribution in [2.45, 2.75) is 18.7 Å². The van der Waals surface area contributed by atoms with Gasteiger partial charge in [-0.05, 0) is 30.3 Å². The van der Waals surface area contributed by atoms with Crippen LogP contribution in [0.2, 0.25) is 5.02 Å². The number of nitrogens with zero attached hydrogens (tertiary/aromatic N) is 4. The number of amides is 1. The number of aromatic nitrogens is 1. The Morgan fingerprint density at radius 2 is 1.94 bits per heavy atom. The summed E-state index contributed by atoms with van der Waals surface area (Å²) in [5.74, 6) is 0.715. The number of hydrogen-bond donors (Lipinski definition) is 1. The molecule has 3 heterocycles. The first-order valence-electron chi connectivity index (χ1n) is 10.6. The second kappa shape index (κ2) is 9.96. The summed E-state index contributed by atoms with van der Waals surface area (Å²) in [6, 6.07) is 8.59. The van der Waals surface area contributed by atoms with Gasteiger partial charge >= 0.3 is 6.18 Å². The number of pyridine rings is 1. The van der Waals surface area contributed by atoms with E-state index in [9.17, 15) is 18.0 Å². The van der Waals surface area contributed by atoms with Crippen LogP contribution in [-0.4, -0.2) is 67.4 Å². The van der Waals surface area contributed by atoms with Gasteiger partial charge in [-0.1, -0.05) is 16.8 Å². The zero-order chi connectivity index (χ0) is 24.3. The second-order valence-corrected chi connectivity index (χ2v) is 8.29. The number of hydrogen-bond acceptors (Lipinski definition) is 7. The van der Waals surface area contributed by atoms with Crippen LogP contribution in [0.15, 0.2) is 41.7 Å². The Morgan fingerprint density at radius 1 is 1.24 bits per heavy atom. The van der Waals surface area contributed by atoms with Crippen molar-refractivity contribution in [1.82, 2.24) is 9.88 Å². The Morgan fingerprint density at radius 3 is 2.56 bits per heavy atom. The molecule has 1 atom stereocenters. The largest absolute Gasteiger partial charge is 0.497 e. The molecule has 1 aromatic carbocycles. The van der Waals surface area contributed by atoms with Crippen LogP contribution in [0.4, 0.5) is 24.7 Å². The van der Waals surface area contributed by atoms with Crippen LogP contribution in [0.25, 0.3) is 0 Å². The molecule has 2 aliphatic heterocycles. The highest BCUT2D eigenvalue weighted by Gasteiger charge is 2.33. The van der Waals surface area contributed by atoms with Crippen molar-refractivity contribution in [3.63, 3.8) is 0 Å². The highest BCUT2D eigenvalue weighted by Crippen LogP contribution is 2.32. The molecule has 0 aliphatic carbocycles. The van der Waals surface area contributed by atoms with E-state index in [1.54, 1.807) is 12.0 Å². The number of piperazine rings is 1. The number of halogens is 4. The van der Waals surface area contributed by atoms with Gasteiger partial charge in [-0.15, -0.1) is 0 Å². The van der Waals surface area contributed by atoms with Crippen molar-refractivity contribution in [2.75, 3.05) is 50.1 Å². The molecule has 182 valence electrons. The van der Waals surface area contributed by atoms with Gasteiger partial charge in [0.1, 0.15) is 17.3 Å². The first-order chi connectivity index (χ1) is 16.2. The van der Waals surface area contributed by atoms with Crippen molar-refractivity contribution in [2.24, 2.45) is 5.16 Å². The van der Waals surface area contributed by atoms with Crippen molar-refractivity contribution >= 4 is 34.7 Å². The van der Waals surface area contributed by atoms with Crippen LogP contribution in [0.5, 0.6) is 5.75 Å². The maximum Gasteiger partial charge on any atom is 0.417 e. The molecule has 4 rings (SSSR count). The van der Waals surface area contributed by atoms with Crippen LogP contribution in [0.1, 0.15) is 12.0 Å². The summed E-state index contributed by atoms with van der Waals surface area (Å²) in [5, 5.41) is 6.63. The molecule has 12 heteroatoms. The van der Waals surface area contributed by atoms with E-state index >= 15 is 0 Å². The number of alkyl halides is 3. The molecule has 0 radical (unpaired) electrons. The predicted octanol–water partition coefficient (Wildman–Crippen LogP) is 3.67. The SMILES string of the molecule is COc1ccc(N2CCN(C(=O)C3=NO[C@@H](CNc4ncc(C(F)(F)F)cc4Cl)C3)CC2)cc1. The van der Waals surface area contributed by atoms with Crippen LogP contribution in [-0.2, 0) is 15.8 Å². The summed E-state index contributed by atoms with van der Waals surface area (Å²) in [4.78, 5) is 25.9. The first kappa shape index (κ1) is 23.9. The Bertz CT molecular complexity index is 1060. The summed E-state index contributed by atoms with van der Waals surface area (Å²) >= 11 is 5.91. The maximum atomic E-state index is 12.9. The fraction of sp³-hybridized carbons (Fsp3) is 0.409. The Balaban J connectivity index is 1.25. The summed E-state index contributed by atoms with van der Waals surface area (Å²) in [5.41, 5.74) is 0.454. The third-order valence-electron chi connectivity index (χ3n) is 5.65. The van der Waals surface area contributed by atoms with Crippen molar-refractivity contribution < 1.29 is 27.5 Å². The fourth-order valence-corrected chi connectivity index (χ4v) is 3.97. The van der Waals surface area contributed by atoms with Gasteiger partial charge in [0.2, 0.25) is 0 Å². The lowest BCUT2D eigenvalue weighted by Crippen LogP contribution is -2.50. The first-order valence-corrected chi connectivity index (χ1v) is 11.0. The minimum Gasteiger partial charge on any atom is -0.497 e. The molecular formula is C22H23ClF3N5O3. The van der Waals surface area contributed by atoms with Gasteiger partial charge in [0.15, 0.2) is 6.10 Å². The molecule has 2 aromatic rings. The molecular weight excluding hydrogens is 475 g/mol. The third-order valence-corrected chi connectivity index (χ3v) is 5.94. The quantitative estimate of drug-likeness (QED) is 0.656. The molecule has 0 unspecified atom stereocenters. The lowest BCUT2D eigenvalue weighted by Gasteiger charge is -2.36. The lowest BCUT2D eigenvalue weighted by atomic mass is 10.1. The molecule has 0 bridgehead atoms. The second-order valence-electron chi connectivity index (χ2n) is 7.88. The van der Waals surface area contributed by atoms with E-state index in [0.29, 0.717) is 38.1 Å². The van der Waals surface area contributed by atoms with Crippen molar-refractivity contribution in [3.8, 4) is 5.75 Å². The number of oxime groups is 1. The highest BCUT2D eigenvalue weighted by molar-refractivity contribution is 6.39. The number of nitrogens with one attached hydrogen (secondary N) is 1. The van der Waals surface area contributed by atoms with E-state index in [1.807, 2.05) is 24.3 Å². The summed E-state index contributed by atoms with van der Waals surface area (Å²) < 4.78 is 43.4. The smallest absolute Gasteiger partial charge is 0.417 e. The van der Waals surface area contributed by atoms with Crippen LogP contribution in [0.3, 0.4) is 0 Å². The molecule has 1 saturated heterocycles. The monoisotopic (exact) mass is 497 g/mol. The van der Waals surface area contributed by atoms with Crippen molar-refractivity contribution in [3.05, 3.63) is 47.1 Å². The van der Waals surface area contributed by atoms with Crippen LogP contribution < -0.4 is 15.0 Å². The number of methoxy groups -OCH3 is 1. The van der Waals surface area contributed by atoms with E-state index in [-0.39, 0.29) is 29.7 Å². The number of benzene rings is 1. The molecule has 0 saturated carbocycles. The molecule has 2 aliphatic rings. The predicted molar refractivity (Wildman–Crippen MR) is 121 cm³/mol. The number of carbonyl (C=O) groups is 1. The summed E-state index contributed by atoms with van der Waals surface area (Å²) in [6.07, 6.45) is -3.99. The zero-order valence-electron chi connectivity index (χ0n) is 18.3. The highest BCUT2D eigenvalue weighted by atomic mass is 35.5. The standard InChI is InChI=1S/C22H23ClF3N5O3/c1-33-16-4-2-15(3-5-16)30-6-8-31(9-7-30)21(32)19-11-17(34-29-19)13-28-20-18(23)10-14(12-27-20)22(24,25)26/h2-5,10,12,17H,6-9,11,13H2,1H3,(H,27,28)/t17-/m1/s1. The Hall–Kier alpha value is -3.21. The number of rotatable bonds is 6. The van der Waals surface area contributed by atoms with E-state index in [1.165, 1.54) is 0 Å². The van der Waals surface area contributed by atoms with E-state index in [2.05, 4.69) is 20.4 Å². The Labute approximate surface area is 199 Å². The van der Waals surface area contributed by atoms with E-state index in [0.717, 1.165) is 17.5 Å². The van der Waals surface area contributed by atoms with Crippen molar-refractivity contribution in [1.29, 1.82) is 0 Å². The molecule has 1 fully saturated rings. The molecule has 0 spiro atoms. The minimum absolute atomic E-state index is 0.104. The Kier molecular flexibility index (Phi) is 7.01. The molecule has 1 aromatic heterocycles. The van der Waals surface area contributed by atoms with Crippen LogP contribution >= 0.6 is 11.6 Å². The number of anilines is 2. The minimum atomic E-state index is -4.52. The zero-order valence-corrected chi connectivity index (χ0v) is 19.1. The van der Waals surface area contributed by atoms with Gasteiger partial charge in [-0.2, -0.15) is 13.2 Å². The topological polar surface area (TPSA) is 79.3 Å². The van der Waals surface area contributed by atoms with Gasteiger partial charge in [-0.25, -0.2) is 4.98 Å². The van der Waals surface area contributed by atoms with Gasteiger partial charge in [0.25, 0.3) is 5.91 Å². The summed E-state index contributed by atoms with van der Waals surface area (Å²) in [7, 11) is 1.62. The fourth-order valence-electron chi connectivity index (χ4n) is 3.74. The third kappa shape index (κ3) is 5.46. The van der Waals surface area contributed by atoms with Gasteiger partial charge < -0.3 is 24.7 Å². The normalized spacial score (nSPS) is 18.4. The number of ether oxygens (including phenoxy) is 1. The van der Waals surface area contributed by atoms with Gasteiger partial charge in [0.05, 0.1) is 24.2 Å². The maximum absolute atomic E-state index is 12.9. The lowest BCUT2D eigenvalue weighted by molar-refractivity contribution is -0.137. The van der Waals surface area contributed by atoms with E-state index < -0.39 is 17.8 Å². The number of carbonyl (C=O) groups excluding carboxylic acids is 1. The average molecular weight is 498 g/mol. The molecule has 1 amide bonds. The molecule has 34 heavy (non-hydrogen) atoms. The van der Waals surface area contributed by atoms with Gasteiger partial charge in [-0.3, -0.25) is 4.79 Å².